The number of morpholine rings is 1. The predicted molar refractivity (Wildman–Crippen MR) is 107 cm³/mol. The molecule has 148 valence electrons. The van der Waals surface area contributed by atoms with Crippen molar-refractivity contribution in [2.24, 2.45) is 0 Å². The van der Waals surface area contributed by atoms with E-state index in [1.165, 1.54) is 24.8 Å². The Morgan fingerprint density at radius 2 is 1.81 bits per heavy atom. The molecule has 3 aliphatic rings. The number of ether oxygens (including phenoxy) is 1. The minimum Gasteiger partial charge on any atom is -0.378 e. The lowest BCUT2D eigenvalue weighted by atomic mass is 10.0. The number of benzene rings is 1. The molecule has 27 heavy (non-hydrogen) atoms. The largest absolute Gasteiger partial charge is 0.378 e. The second kappa shape index (κ2) is 9.18. The topological polar surface area (TPSA) is 44.8 Å². The summed E-state index contributed by atoms with van der Waals surface area (Å²) in [7, 11) is 0. The molecule has 1 aromatic carbocycles. The number of amides is 1. The minimum atomic E-state index is 0.301. The molecule has 5 heteroatoms. The van der Waals surface area contributed by atoms with E-state index in [0.29, 0.717) is 37.6 Å². The Bertz CT molecular complexity index is 595. The summed E-state index contributed by atoms with van der Waals surface area (Å²) in [6.45, 7) is 6.29. The number of carbonyl (C=O) groups excluding carboxylic acids is 1. The summed E-state index contributed by atoms with van der Waals surface area (Å²) in [5.74, 6) is 1.02. The number of nitrogens with zero attached hydrogens (tertiary/aromatic N) is 2. The van der Waals surface area contributed by atoms with Crippen LogP contribution >= 0.6 is 0 Å². The Labute approximate surface area is 163 Å². The zero-order valence-corrected chi connectivity index (χ0v) is 16.3. The van der Waals surface area contributed by atoms with Gasteiger partial charge in [-0.15, -0.1) is 0 Å². The van der Waals surface area contributed by atoms with E-state index in [0.717, 1.165) is 45.1 Å². The summed E-state index contributed by atoms with van der Waals surface area (Å²) >= 11 is 0. The molecular weight excluding hydrogens is 338 g/mol. The summed E-state index contributed by atoms with van der Waals surface area (Å²) in [6.07, 6.45) is 5.41. The van der Waals surface area contributed by atoms with Crippen LogP contribution in [-0.4, -0.2) is 73.7 Å². The third-order valence-corrected chi connectivity index (χ3v) is 6.28. The van der Waals surface area contributed by atoms with E-state index in [2.05, 4.69) is 40.5 Å². The third kappa shape index (κ3) is 5.31. The fourth-order valence-electron chi connectivity index (χ4n) is 4.50. The van der Waals surface area contributed by atoms with Crippen molar-refractivity contribution < 1.29 is 9.53 Å². The van der Waals surface area contributed by atoms with Gasteiger partial charge in [0.05, 0.1) is 13.2 Å². The van der Waals surface area contributed by atoms with Crippen molar-refractivity contribution in [3.05, 3.63) is 35.9 Å². The molecule has 4 rings (SSSR count). The molecule has 3 fully saturated rings. The summed E-state index contributed by atoms with van der Waals surface area (Å²) in [6, 6.07) is 12.2. The van der Waals surface area contributed by atoms with E-state index in [-0.39, 0.29) is 0 Å². The molecule has 2 atom stereocenters. The molecule has 2 aliphatic heterocycles. The maximum atomic E-state index is 12.2. The van der Waals surface area contributed by atoms with Crippen LogP contribution < -0.4 is 5.32 Å². The average molecular weight is 372 g/mol. The van der Waals surface area contributed by atoms with Gasteiger partial charge in [0.25, 0.3) is 0 Å². The lowest BCUT2D eigenvalue weighted by Gasteiger charge is -2.33. The van der Waals surface area contributed by atoms with Crippen LogP contribution in [0.25, 0.3) is 0 Å². The summed E-state index contributed by atoms with van der Waals surface area (Å²) < 4.78 is 5.31. The highest BCUT2D eigenvalue weighted by atomic mass is 16.5. The molecule has 5 nitrogen and oxygen atoms in total. The van der Waals surface area contributed by atoms with Gasteiger partial charge in [-0.3, -0.25) is 4.79 Å². The third-order valence-electron chi connectivity index (χ3n) is 6.28. The number of hydrogen-bond donors (Lipinski definition) is 1. The Morgan fingerprint density at radius 3 is 2.56 bits per heavy atom. The number of hydrogen-bond acceptors (Lipinski definition) is 4. The van der Waals surface area contributed by atoms with Gasteiger partial charge in [-0.25, -0.2) is 0 Å². The zero-order chi connectivity index (χ0) is 18.5. The van der Waals surface area contributed by atoms with Crippen LogP contribution in [0.4, 0.5) is 0 Å². The van der Waals surface area contributed by atoms with Crippen molar-refractivity contribution in [1.29, 1.82) is 0 Å². The van der Waals surface area contributed by atoms with Crippen LogP contribution in [0.15, 0.2) is 30.3 Å². The van der Waals surface area contributed by atoms with Crippen LogP contribution in [0.3, 0.4) is 0 Å². The van der Waals surface area contributed by atoms with Gasteiger partial charge in [-0.05, 0) is 50.9 Å². The van der Waals surface area contributed by atoms with Crippen LogP contribution in [0.5, 0.6) is 0 Å². The fraction of sp³-hybridized carbons (Fsp3) is 0.682. The number of likely N-dealkylation sites (tertiary alicyclic amines) is 1. The van der Waals surface area contributed by atoms with Gasteiger partial charge >= 0.3 is 0 Å². The van der Waals surface area contributed by atoms with Crippen LogP contribution in [0.1, 0.15) is 43.6 Å². The Hall–Kier alpha value is -1.43. The summed E-state index contributed by atoms with van der Waals surface area (Å²) in [5, 5.41) is 3.88. The van der Waals surface area contributed by atoms with E-state index in [9.17, 15) is 4.79 Å². The van der Waals surface area contributed by atoms with Crippen molar-refractivity contribution in [2.45, 2.75) is 50.1 Å². The molecule has 0 aromatic heterocycles. The van der Waals surface area contributed by atoms with Gasteiger partial charge in [-0.2, -0.15) is 0 Å². The van der Waals surface area contributed by atoms with Gasteiger partial charge in [-0.1, -0.05) is 30.3 Å². The van der Waals surface area contributed by atoms with Crippen molar-refractivity contribution >= 4 is 5.91 Å². The van der Waals surface area contributed by atoms with E-state index in [4.69, 9.17) is 4.74 Å². The Balaban J connectivity index is 1.09. The maximum Gasteiger partial charge on any atom is 0.222 e. The predicted octanol–water partition coefficient (Wildman–Crippen LogP) is 2.24. The van der Waals surface area contributed by atoms with E-state index in [1.807, 2.05) is 4.90 Å². The van der Waals surface area contributed by atoms with Crippen molar-refractivity contribution in [3.63, 3.8) is 0 Å². The van der Waals surface area contributed by atoms with Gasteiger partial charge in [0.1, 0.15) is 0 Å². The Kier molecular flexibility index (Phi) is 6.43. The number of nitrogens with one attached hydrogen (secondary N) is 1. The van der Waals surface area contributed by atoms with Gasteiger partial charge in [0.2, 0.25) is 5.91 Å². The highest BCUT2D eigenvalue weighted by Crippen LogP contribution is 2.41. The van der Waals surface area contributed by atoms with Crippen molar-refractivity contribution in [1.82, 2.24) is 15.1 Å². The molecule has 1 aliphatic carbocycles. The first-order valence-corrected chi connectivity index (χ1v) is 10.7. The Morgan fingerprint density at radius 1 is 1.07 bits per heavy atom. The number of piperidine rings is 1. The highest BCUT2D eigenvalue weighted by molar-refractivity contribution is 5.76. The van der Waals surface area contributed by atoms with Crippen LogP contribution in [0.2, 0.25) is 0 Å². The second-order valence-corrected chi connectivity index (χ2v) is 8.24. The molecule has 2 unspecified atom stereocenters. The first-order valence-electron chi connectivity index (χ1n) is 10.7. The second-order valence-electron chi connectivity index (χ2n) is 8.24. The molecular formula is C22H33N3O2. The quantitative estimate of drug-likeness (QED) is 0.798. The molecule has 0 spiro atoms. The SMILES string of the molecule is O=C(CCCN1CCC(NC2CC2c2ccccc2)CC1)N1CCOCC1. The van der Waals surface area contributed by atoms with E-state index < -0.39 is 0 Å². The standard InChI is InChI=1S/C22H33N3O2/c26-22(25-13-15-27-16-14-25)7-4-10-24-11-8-19(9-12-24)23-21-17-20(21)18-5-2-1-3-6-18/h1-3,5-6,19-21,23H,4,7-17H2. The molecule has 1 saturated carbocycles. The van der Waals surface area contributed by atoms with Gasteiger partial charge in [0, 0.05) is 37.5 Å². The summed E-state index contributed by atoms with van der Waals surface area (Å²) in [5.41, 5.74) is 1.48. The lowest BCUT2D eigenvalue weighted by molar-refractivity contribution is -0.135. The van der Waals surface area contributed by atoms with Crippen molar-refractivity contribution in [3.8, 4) is 0 Å². The smallest absolute Gasteiger partial charge is 0.222 e. The highest BCUT2D eigenvalue weighted by Gasteiger charge is 2.39. The summed E-state index contributed by atoms with van der Waals surface area (Å²) in [4.78, 5) is 16.7. The minimum absolute atomic E-state index is 0.301. The molecule has 1 aromatic rings. The molecule has 0 bridgehead atoms. The molecule has 1 N–H and O–H groups in total. The van der Waals surface area contributed by atoms with Gasteiger partial charge < -0.3 is 19.9 Å². The zero-order valence-electron chi connectivity index (χ0n) is 16.3. The van der Waals surface area contributed by atoms with Crippen molar-refractivity contribution in [2.75, 3.05) is 45.9 Å². The van der Waals surface area contributed by atoms with Crippen LogP contribution in [0, 0.1) is 0 Å². The van der Waals surface area contributed by atoms with Crippen LogP contribution in [-0.2, 0) is 9.53 Å². The monoisotopic (exact) mass is 371 g/mol. The molecule has 2 heterocycles. The maximum absolute atomic E-state index is 12.2. The molecule has 1 amide bonds. The fourth-order valence-corrected chi connectivity index (χ4v) is 4.50. The first-order chi connectivity index (χ1) is 13.3. The number of rotatable bonds is 7. The lowest BCUT2D eigenvalue weighted by Crippen LogP contribution is -2.44. The van der Waals surface area contributed by atoms with E-state index in [1.54, 1.807) is 0 Å². The number of carbonyl (C=O) groups is 1. The first kappa shape index (κ1) is 18.9. The normalized spacial score (nSPS) is 26.9. The molecule has 0 radical (unpaired) electrons. The molecule has 2 saturated heterocycles. The average Bonchev–Trinajstić information content (AvgIpc) is 3.50. The van der Waals surface area contributed by atoms with E-state index >= 15 is 0 Å². The van der Waals surface area contributed by atoms with Gasteiger partial charge in [0.15, 0.2) is 0 Å².